The van der Waals surface area contributed by atoms with Crippen molar-refractivity contribution in [1.82, 2.24) is 14.8 Å². The fraction of sp³-hybridized carbons (Fsp3) is 0.0870. The number of aryl methyl sites for hydroxylation is 1. The van der Waals surface area contributed by atoms with E-state index in [4.69, 9.17) is 5.26 Å². The van der Waals surface area contributed by atoms with Gasteiger partial charge in [0.05, 0.1) is 17.4 Å². The highest BCUT2D eigenvalue weighted by Gasteiger charge is 2.11. The monoisotopic (exact) mass is 350 g/mol. The Hall–Kier alpha value is -3.71. The maximum atomic E-state index is 8.95. The Bertz CT molecular complexity index is 1210. The van der Waals surface area contributed by atoms with Gasteiger partial charge in [-0.15, -0.1) is 0 Å². The molecule has 4 aromatic rings. The molecule has 0 radical (unpaired) electrons. The van der Waals surface area contributed by atoms with E-state index in [2.05, 4.69) is 53.9 Å². The Balaban J connectivity index is 1.84. The highest BCUT2D eigenvalue weighted by atomic mass is 15.3. The van der Waals surface area contributed by atoms with Crippen molar-refractivity contribution in [3.63, 3.8) is 0 Å². The fourth-order valence-corrected chi connectivity index (χ4v) is 3.39. The first kappa shape index (κ1) is 16.7. The lowest BCUT2D eigenvalue weighted by atomic mass is 10.0. The summed E-state index contributed by atoms with van der Waals surface area (Å²) in [5.41, 5.74) is 7.87. The van der Waals surface area contributed by atoms with Gasteiger partial charge in [-0.05, 0) is 60.9 Å². The van der Waals surface area contributed by atoms with Gasteiger partial charge in [-0.1, -0.05) is 30.4 Å². The molecule has 130 valence electrons. The topological polar surface area (TPSA) is 54.5 Å². The molecule has 2 aromatic carbocycles. The Kier molecular flexibility index (Phi) is 4.06. The van der Waals surface area contributed by atoms with Crippen LogP contribution < -0.4 is 0 Å². The number of benzene rings is 2. The van der Waals surface area contributed by atoms with E-state index in [1.807, 2.05) is 36.0 Å². The molecular formula is C23H18N4. The Morgan fingerprint density at radius 2 is 1.96 bits per heavy atom. The Labute approximate surface area is 158 Å². The van der Waals surface area contributed by atoms with Crippen molar-refractivity contribution < 1.29 is 0 Å². The average molecular weight is 350 g/mol. The van der Waals surface area contributed by atoms with E-state index in [-0.39, 0.29) is 0 Å². The minimum atomic E-state index is 0.412. The number of allylic oxidation sites excluding steroid dienone is 1. The van der Waals surface area contributed by atoms with Gasteiger partial charge < -0.3 is 0 Å². The predicted octanol–water partition coefficient (Wildman–Crippen LogP) is 5.30. The fourth-order valence-electron chi connectivity index (χ4n) is 3.39. The smallest absolute Gasteiger partial charge is 0.140 e. The van der Waals surface area contributed by atoms with Gasteiger partial charge in [-0.2, -0.15) is 10.4 Å². The summed E-state index contributed by atoms with van der Waals surface area (Å²) in [6.45, 7) is 8.14. The molecule has 2 heterocycles. The number of nitriles is 1. The molecule has 0 saturated heterocycles. The number of pyridine rings is 1. The number of nitrogens with zero attached hydrogens (tertiary/aromatic N) is 4. The lowest BCUT2D eigenvalue weighted by molar-refractivity contribution is 0.909. The van der Waals surface area contributed by atoms with E-state index in [0.717, 1.165) is 33.3 Å². The minimum Gasteiger partial charge on any atom is -0.245 e. The molecule has 0 N–H and O–H groups in total. The van der Waals surface area contributed by atoms with Gasteiger partial charge >= 0.3 is 0 Å². The first-order valence-electron chi connectivity index (χ1n) is 8.68. The van der Waals surface area contributed by atoms with Crippen molar-refractivity contribution in [2.45, 2.75) is 13.8 Å². The van der Waals surface area contributed by atoms with Gasteiger partial charge in [0.15, 0.2) is 0 Å². The van der Waals surface area contributed by atoms with Crippen LogP contribution in [0.1, 0.15) is 23.7 Å². The van der Waals surface area contributed by atoms with Crippen LogP contribution in [0.25, 0.3) is 33.3 Å². The van der Waals surface area contributed by atoms with Crippen LogP contribution in [-0.2, 0) is 0 Å². The van der Waals surface area contributed by atoms with Crippen molar-refractivity contribution in [3.8, 4) is 22.9 Å². The van der Waals surface area contributed by atoms with E-state index >= 15 is 0 Å². The summed E-state index contributed by atoms with van der Waals surface area (Å²) in [4.78, 5) is 4.19. The molecule has 0 aliphatic carbocycles. The molecule has 4 rings (SSSR count). The molecule has 0 fully saturated rings. The minimum absolute atomic E-state index is 0.412. The van der Waals surface area contributed by atoms with E-state index in [9.17, 15) is 0 Å². The molecule has 27 heavy (non-hydrogen) atoms. The third-order valence-electron chi connectivity index (χ3n) is 4.72. The van der Waals surface area contributed by atoms with Gasteiger partial charge in [-0.3, -0.25) is 0 Å². The summed E-state index contributed by atoms with van der Waals surface area (Å²) >= 11 is 0. The summed E-state index contributed by atoms with van der Waals surface area (Å²) in [5.74, 6) is 0. The zero-order chi connectivity index (χ0) is 19.0. The molecule has 0 amide bonds. The normalized spacial score (nSPS) is 10.7. The zero-order valence-corrected chi connectivity index (χ0v) is 15.3. The number of fused-ring (bicyclic) bond motifs is 1. The third-order valence-corrected chi connectivity index (χ3v) is 4.72. The van der Waals surface area contributed by atoms with Crippen LogP contribution in [0.15, 0.2) is 67.5 Å². The van der Waals surface area contributed by atoms with Crippen molar-refractivity contribution >= 4 is 16.5 Å². The highest BCUT2D eigenvalue weighted by molar-refractivity contribution is 5.95. The molecule has 0 bridgehead atoms. The highest BCUT2D eigenvalue weighted by Crippen LogP contribution is 2.30. The van der Waals surface area contributed by atoms with Gasteiger partial charge in [0, 0.05) is 17.1 Å². The second-order valence-corrected chi connectivity index (χ2v) is 6.62. The van der Waals surface area contributed by atoms with E-state index in [0.29, 0.717) is 5.69 Å². The van der Waals surface area contributed by atoms with Crippen molar-refractivity contribution in [2.75, 3.05) is 0 Å². The average Bonchev–Trinajstić information content (AvgIpc) is 3.12. The summed E-state index contributed by atoms with van der Waals surface area (Å²) in [5, 5.41) is 14.6. The maximum Gasteiger partial charge on any atom is 0.140 e. The van der Waals surface area contributed by atoms with Crippen LogP contribution in [-0.4, -0.2) is 14.8 Å². The second-order valence-electron chi connectivity index (χ2n) is 6.62. The number of aromatic nitrogens is 3. The van der Waals surface area contributed by atoms with Crippen molar-refractivity contribution in [2.24, 2.45) is 0 Å². The number of hydrogen-bond donors (Lipinski definition) is 0. The van der Waals surface area contributed by atoms with E-state index in [1.165, 1.54) is 11.1 Å². The van der Waals surface area contributed by atoms with Crippen LogP contribution in [0, 0.1) is 18.3 Å². The van der Waals surface area contributed by atoms with Crippen molar-refractivity contribution in [3.05, 3.63) is 84.3 Å². The van der Waals surface area contributed by atoms with Gasteiger partial charge in [0.1, 0.15) is 11.8 Å². The van der Waals surface area contributed by atoms with E-state index in [1.54, 1.807) is 12.3 Å². The second kappa shape index (κ2) is 6.54. The molecule has 4 nitrogen and oxygen atoms in total. The Morgan fingerprint density at radius 3 is 2.63 bits per heavy atom. The predicted molar refractivity (Wildman–Crippen MR) is 108 cm³/mol. The SMILES string of the molecule is C=C(C)c1ccc(-n2ncc3c(-c4ccc(C#N)nc4)cccc32)cc1C. The molecule has 0 atom stereocenters. The van der Waals surface area contributed by atoms with E-state index < -0.39 is 0 Å². The molecule has 0 unspecified atom stereocenters. The van der Waals surface area contributed by atoms with Gasteiger partial charge in [0.2, 0.25) is 0 Å². The summed E-state index contributed by atoms with van der Waals surface area (Å²) in [6.07, 6.45) is 3.61. The maximum absolute atomic E-state index is 8.95. The largest absolute Gasteiger partial charge is 0.245 e. The molecular weight excluding hydrogens is 332 g/mol. The van der Waals surface area contributed by atoms with Crippen LogP contribution in [0.2, 0.25) is 0 Å². The van der Waals surface area contributed by atoms with Crippen LogP contribution in [0.5, 0.6) is 0 Å². The molecule has 0 aliphatic rings. The molecule has 0 aliphatic heterocycles. The summed E-state index contributed by atoms with van der Waals surface area (Å²) < 4.78 is 1.95. The lowest BCUT2D eigenvalue weighted by Crippen LogP contribution is -1.98. The number of hydrogen-bond acceptors (Lipinski definition) is 3. The van der Waals surface area contributed by atoms with Gasteiger partial charge in [-0.25, -0.2) is 9.67 Å². The third kappa shape index (κ3) is 2.90. The van der Waals surface area contributed by atoms with Crippen LogP contribution >= 0.6 is 0 Å². The number of rotatable bonds is 3. The lowest BCUT2D eigenvalue weighted by Gasteiger charge is -2.10. The molecule has 0 spiro atoms. The summed E-state index contributed by atoms with van der Waals surface area (Å²) in [7, 11) is 0. The standard InChI is InChI=1S/C23H18N4/c1-15(2)20-10-9-19(11-16(20)3)27-23-6-4-5-21(22(23)14-26-27)17-7-8-18(12-24)25-13-17/h4-11,13-14H,1H2,2-3H3. The molecule has 2 aromatic heterocycles. The molecule has 0 saturated carbocycles. The van der Waals surface area contributed by atoms with Gasteiger partial charge in [0.25, 0.3) is 0 Å². The first-order chi connectivity index (χ1) is 13.1. The quantitative estimate of drug-likeness (QED) is 0.504. The first-order valence-corrected chi connectivity index (χ1v) is 8.68. The summed E-state index contributed by atoms with van der Waals surface area (Å²) in [6, 6.07) is 18.1. The Morgan fingerprint density at radius 1 is 1.11 bits per heavy atom. The van der Waals surface area contributed by atoms with Crippen LogP contribution in [0.4, 0.5) is 0 Å². The van der Waals surface area contributed by atoms with Crippen LogP contribution in [0.3, 0.4) is 0 Å². The molecule has 4 heteroatoms. The van der Waals surface area contributed by atoms with Crippen molar-refractivity contribution in [1.29, 1.82) is 5.26 Å². The zero-order valence-electron chi connectivity index (χ0n) is 15.3.